The number of hydrogen-bond acceptors (Lipinski definition) is 1. The normalized spacial score (nSPS) is 11.4. The average molecular weight is 189 g/mol. The van der Waals surface area contributed by atoms with Crippen molar-refractivity contribution in [1.29, 1.82) is 0 Å². The lowest BCUT2D eigenvalue weighted by atomic mass is 10.2. The molecule has 0 fully saturated rings. The number of rotatable bonds is 2. The van der Waals surface area contributed by atoms with Crippen LogP contribution < -0.4 is 4.74 Å². The zero-order chi connectivity index (χ0) is 9.90. The Morgan fingerprint density at radius 3 is 2.54 bits per heavy atom. The topological polar surface area (TPSA) is 9.23 Å². The standard InChI is InChI=1S/C9H8F3O/c1-7-2-4-8(5-3-7)13-6-9(10,11)12/h2-4H,6H2,1H3. The molecule has 13 heavy (non-hydrogen) atoms. The highest BCUT2D eigenvalue weighted by molar-refractivity contribution is 5.24. The van der Waals surface area contributed by atoms with Crippen LogP contribution in [0.5, 0.6) is 5.75 Å². The van der Waals surface area contributed by atoms with E-state index in [2.05, 4.69) is 10.8 Å². The summed E-state index contributed by atoms with van der Waals surface area (Å²) in [6, 6.07) is 7.29. The van der Waals surface area contributed by atoms with Gasteiger partial charge in [0.1, 0.15) is 5.75 Å². The molecule has 1 aromatic carbocycles. The number of ether oxygens (including phenoxy) is 1. The van der Waals surface area contributed by atoms with Crippen LogP contribution in [0.3, 0.4) is 0 Å². The molecule has 0 spiro atoms. The lowest BCUT2D eigenvalue weighted by Crippen LogP contribution is -2.19. The second-order valence-corrected chi connectivity index (χ2v) is 2.63. The summed E-state index contributed by atoms with van der Waals surface area (Å²) < 4.78 is 39.5. The lowest BCUT2D eigenvalue weighted by molar-refractivity contribution is -0.153. The molecule has 1 aromatic rings. The third kappa shape index (κ3) is 3.83. The van der Waals surface area contributed by atoms with Crippen LogP contribution in [0.2, 0.25) is 0 Å². The van der Waals surface area contributed by atoms with Crippen LogP contribution in [-0.4, -0.2) is 12.8 Å². The van der Waals surface area contributed by atoms with Crippen molar-refractivity contribution in [2.24, 2.45) is 0 Å². The fourth-order valence-corrected chi connectivity index (χ4v) is 0.738. The van der Waals surface area contributed by atoms with E-state index in [-0.39, 0.29) is 5.75 Å². The second-order valence-electron chi connectivity index (χ2n) is 2.63. The lowest BCUT2D eigenvalue weighted by Gasteiger charge is -2.08. The number of aryl methyl sites for hydroxylation is 1. The first-order valence-electron chi connectivity index (χ1n) is 3.65. The highest BCUT2D eigenvalue weighted by Crippen LogP contribution is 2.17. The first kappa shape index (κ1) is 9.89. The molecule has 0 atom stereocenters. The number of benzene rings is 1. The first-order valence-corrected chi connectivity index (χ1v) is 3.65. The van der Waals surface area contributed by atoms with Crippen molar-refractivity contribution in [3.63, 3.8) is 0 Å². The van der Waals surface area contributed by atoms with E-state index < -0.39 is 12.8 Å². The minimum atomic E-state index is -4.29. The Hall–Kier alpha value is -1.19. The molecule has 0 N–H and O–H groups in total. The van der Waals surface area contributed by atoms with Crippen molar-refractivity contribution >= 4 is 0 Å². The number of hydrogen-bond donors (Lipinski definition) is 0. The van der Waals surface area contributed by atoms with Crippen LogP contribution in [0.25, 0.3) is 0 Å². The summed E-state index contributed by atoms with van der Waals surface area (Å²) in [6.45, 7) is 0.552. The maximum Gasteiger partial charge on any atom is 0.422 e. The zero-order valence-corrected chi connectivity index (χ0v) is 6.98. The molecule has 1 nitrogen and oxygen atoms in total. The van der Waals surface area contributed by atoms with Gasteiger partial charge in [-0.25, -0.2) is 0 Å². The molecule has 0 aliphatic rings. The summed E-state index contributed by atoms with van der Waals surface area (Å²) >= 11 is 0. The largest absolute Gasteiger partial charge is 0.483 e. The third-order valence-electron chi connectivity index (χ3n) is 1.33. The molecule has 1 rings (SSSR count). The predicted octanol–water partition coefficient (Wildman–Crippen LogP) is 2.74. The van der Waals surface area contributed by atoms with Crippen molar-refractivity contribution in [2.45, 2.75) is 13.1 Å². The number of alkyl halides is 3. The summed E-state index contributed by atoms with van der Waals surface area (Å²) in [6.07, 6.45) is -4.29. The second kappa shape index (κ2) is 3.68. The zero-order valence-electron chi connectivity index (χ0n) is 6.98. The third-order valence-corrected chi connectivity index (χ3v) is 1.33. The van der Waals surface area contributed by atoms with Crippen molar-refractivity contribution in [3.8, 4) is 5.75 Å². The predicted molar refractivity (Wildman–Crippen MR) is 41.6 cm³/mol. The van der Waals surface area contributed by atoms with Gasteiger partial charge in [-0.1, -0.05) is 11.6 Å². The fraction of sp³-hybridized carbons (Fsp3) is 0.333. The summed E-state index contributed by atoms with van der Waals surface area (Å²) in [7, 11) is 0. The SMILES string of the molecule is Cc1c[c]c(OCC(F)(F)F)cc1. The Labute approximate surface area is 74.1 Å². The van der Waals surface area contributed by atoms with Gasteiger partial charge in [0.25, 0.3) is 0 Å². The molecule has 0 aliphatic heterocycles. The van der Waals surface area contributed by atoms with Gasteiger partial charge in [0, 0.05) is 6.07 Å². The monoisotopic (exact) mass is 189 g/mol. The van der Waals surface area contributed by atoms with Gasteiger partial charge >= 0.3 is 6.18 Å². The number of halogens is 3. The molecule has 0 heterocycles. The van der Waals surface area contributed by atoms with E-state index in [1.807, 2.05) is 6.92 Å². The van der Waals surface area contributed by atoms with Crippen molar-refractivity contribution < 1.29 is 17.9 Å². The van der Waals surface area contributed by atoms with Crippen molar-refractivity contribution in [2.75, 3.05) is 6.61 Å². The minimum absolute atomic E-state index is 0.114. The fourth-order valence-electron chi connectivity index (χ4n) is 0.738. The quantitative estimate of drug-likeness (QED) is 0.695. The van der Waals surface area contributed by atoms with Crippen LogP contribution in [-0.2, 0) is 0 Å². The van der Waals surface area contributed by atoms with Gasteiger partial charge in [-0.3, -0.25) is 0 Å². The Morgan fingerprint density at radius 2 is 2.08 bits per heavy atom. The molecule has 0 saturated heterocycles. The molecular formula is C9H8F3O. The van der Waals surface area contributed by atoms with Crippen LogP contribution in [0, 0.1) is 13.0 Å². The molecule has 0 unspecified atom stereocenters. The molecule has 1 radical (unpaired) electrons. The van der Waals surface area contributed by atoms with Gasteiger partial charge in [0.2, 0.25) is 0 Å². The molecular weight excluding hydrogens is 181 g/mol. The Balaban J connectivity index is 2.51. The summed E-state index contributed by atoms with van der Waals surface area (Å²) in [4.78, 5) is 0. The van der Waals surface area contributed by atoms with E-state index in [1.54, 1.807) is 12.1 Å². The highest BCUT2D eigenvalue weighted by Gasteiger charge is 2.28. The van der Waals surface area contributed by atoms with Crippen molar-refractivity contribution in [3.05, 3.63) is 29.8 Å². The Kier molecular flexibility index (Phi) is 2.80. The molecule has 4 heteroatoms. The van der Waals surface area contributed by atoms with Gasteiger partial charge in [0.05, 0.1) is 0 Å². The Bertz CT molecular complexity index is 263. The molecule has 0 aromatic heterocycles. The highest BCUT2D eigenvalue weighted by atomic mass is 19.4. The van der Waals surface area contributed by atoms with Gasteiger partial charge in [0.15, 0.2) is 6.61 Å². The van der Waals surface area contributed by atoms with Crippen molar-refractivity contribution in [1.82, 2.24) is 0 Å². The minimum Gasteiger partial charge on any atom is -0.483 e. The van der Waals surface area contributed by atoms with E-state index in [1.165, 1.54) is 6.07 Å². The van der Waals surface area contributed by atoms with E-state index in [4.69, 9.17) is 0 Å². The van der Waals surface area contributed by atoms with Crippen LogP contribution in [0.15, 0.2) is 18.2 Å². The molecule has 71 valence electrons. The molecule has 0 bridgehead atoms. The van der Waals surface area contributed by atoms with E-state index in [0.717, 1.165) is 5.56 Å². The maximum atomic E-state index is 11.7. The molecule has 0 aliphatic carbocycles. The van der Waals surface area contributed by atoms with Gasteiger partial charge < -0.3 is 4.74 Å². The Morgan fingerprint density at radius 1 is 1.38 bits per heavy atom. The van der Waals surface area contributed by atoms with Crippen LogP contribution >= 0.6 is 0 Å². The van der Waals surface area contributed by atoms with E-state index >= 15 is 0 Å². The van der Waals surface area contributed by atoms with E-state index in [0.29, 0.717) is 0 Å². The molecule has 0 saturated carbocycles. The van der Waals surface area contributed by atoms with Gasteiger partial charge in [-0.05, 0) is 19.1 Å². The van der Waals surface area contributed by atoms with Crippen LogP contribution in [0.1, 0.15) is 5.56 Å². The van der Waals surface area contributed by atoms with Gasteiger partial charge in [-0.15, -0.1) is 0 Å². The summed E-state index contributed by atoms with van der Waals surface area (Å²) in [5, 5.41) is 0. The van der Waals surface area contributed by atoms with Crippen LogP contribution in [0.4, 0.5) is 13.2 Å². The summed E-state index contributed by atoms with van der Waals surface area (Å²) in [5.74, 6) is 0.114. The van der Waals surface area contributed by atoms with Gasteiger partial charge in [-0.2, -0.15) is 13.2 Å². The average Bonchev–Trinajstić information content (AvgIpc) is 2.02. The van der Waals surface area contributed by atoms with E-state index in [9.17, 15) is 13.2 Å². The molecule has 0 amide bonds. The summed E-state index contributed by atoms with van der Waals surface area (Å²) in [5.41, 5.74) is 0.930. The smallest absolute Gasteiger partial charge is 0.422 e. The maximum absolute atomic E-state index is 11.7. The first-order chi connectivity index (χ1) is 5.97.